The molecule has 1 fully saturated rings. The number of rotatable bonds is 6. The standard InChI is InChI=1S/C13H15Br2NO3/c1-7(13(17)18)19-12-10(14)4-8(5-11(12)15)6-16-9-2-3-9/h4-5,7,9,16H,2-3,6H2,1H3,(H,17,18). The van der Waals surface area contributed by atoms with Crippen LogP contribution in [0.5, 0.6) is 5.75 Å². The molecule has 0 saturated heterocycles. The largest absolute Gasteiger partial charge is 0.479 e. The van der Waals surface area contributed by atoms with E-state index < -0.39 is 12.1 Å². The smallest absolute Gasteiger partial charge is 0.344 e. The van der Waals surface area contributed by atoms with Gasteiger partial charge in [0.15, 0.2) is 6.10 Å². The lowest BCUT2D eigenvalue weighted by molar-refractivity contribution is -0.144. The SMILES string of the molecule is CC(Oc1c(Br)cc(CNC2CC2)cc1Br)C(=O)O. The second-order valence-corrected chi connectivity index (χ2v) is 6.35. The molecule has 0 spiro atoms. The Kier molecular flexibility index (Phi) is 4.86. The van der Waals surface area contributed by atoms with Gasteiger partial charge in [-0.05, 0) is 69.3 Å². The van der Waals surface area contributed by atoms with Crippen molar-refractivity contribution in [2.24, 2.45) is 0 Å². The van der Waals surface area contributed by atoms with Crippen molar-refractivity contribution in [1.29, 1.82) is 0 Å². The van der Waals surface area contributed by atoms with Gasteiger partial charge in [0.05, 0.1) is 8.95 Å². The average Bonchev–Trinajstić information content (AvgIpc) is 3.14. The zero-order valence-electron chi connectivity index (χ0n) is 10.5. The van der Waals surface area contributed by atoms with Crippen LogP contribution in [0, 0.1) is 0 Å². The Balaban J connectivity index is 2.09. The van der Waals surface area contributed by atoms with Gasteiger partial charge in [0.2, 0.25) is 0 Å². The van der Waals surface area contributed by atoms with Crippen molar-refractivity contribution in [3.05, 3.63) is 26.6 Å². The minimum atomic E-state index is -0.988. The Morgan fingerprint density at radius 3 is 2.53 bits per heavy atom. The molecule has 1 unspecified atom stereocenters. The fourth-order valence-electron chi connectivity index (χ4n) is 1.60. The molecule has 0 aliphatic heterocycles. The highest BCUT2D eigenvalue weighted by atomic mass is 79.9. The number of hydrogen-bond acceptors (Lipinski definition) is 3. The lowest BCUT2D eigenvalue weighted by atomic mass is 10.2. The summed E-state index contributed by atoms with van der Waals surface area (Å²) in [6.07, 6.45) is 1.61. The summed E-state index contributed by atoms with van der Waals surface area (Å²) in [6.45, 7) is 2.31. The number of benzene rings is 1. The zero-order chi connectivity index (χ0) is 14.0. The normalized spacial score (nSPS) is 16.2. The lowest BCUT2D eigenvalue weighted by Crippen LogP contribution is -2.23. The first-order chi connectivity index (χ1) is 8.97. The van der Waals surface area contributed by atoms with Crippen LogP contribution < -0.4 is 10.1 Å². The van der Waals surface area contributed by atoms with Gasteiger partial charge in [-0.1, -0.05) is 0 Å². The average molecular weight is 393 g/mol. The zero-order valence-corrected chi connectivity index (χ0v) is 13.6. The van der Waals surface area contributed by atoms with Crippen LogP contribution in [0.1, 0.15) is 25.3 Å². The van der Waals surface area contributed by atoms with E-state index in [2.05, 4.69) is 37.2 Å². The third kappa shape index (κ3) is 4.19. The van der Waals surface area contributed by atoms with Crippen molar-refractivity contribution in [2.45, 2.75) is 38.5 Å². The van der Waals surface area contributed by atoms with Crippen LogP contribution in [0.15, 0.2) is 21.1 Å². The summed E-state index contributed by atoms with van der Waals surface area (Å²) in [5.41, 5.74) is 1.13. The molecule has 2 rings (SSSR count). The van der Waals surface area contributed by atoms with Gasteiger partial charge >= 0.3 is 5.97 Å². The topological polar surface area (TPSA) is 58.6 Å². The molecule has 6 heteroatoms. The highest BCUT2D eigenvalue weighted by Crippen LogP contribution is 2.35. The lowest BCUT2D eigenvalue weighted by Gasteiger charge is -2.15. The maximum Gasteiger partial charge on any atom is 0.344 e. The third-order valence-electron chi connectivity index (χ3n) is 2.87. The number of nitrogens with one attached hydrogen (secondary N) is 1. The van der Waals surface area contributed by atoms with Crippen LogP contribution in [0.3, 0.4) is 0 Å². The Bertz CT molecular complexity index is 466. The van der Waals surface area contributed by atoms with Gasteiger partial charge in [0, 0.05) is 12.6 Å². The molecule has 0 heterocycles. The van der Waals surface area contributed by atoms with E-state index in [-0.39, 0.29) is 0 Å². The predicted molar refractivity (Wildman–Crippen MR) is 79.4 cm³/mol. The van der Waals surface area contributed by atoms with Gasteiger partial charge in [-0.2, -0.15) is 0 Å². The molecule has 19 heavy (non-hydrogen) atoms. The third-order valence-corrected chi connectivity index (χ3v) is 4.05. The van der Waals surface area contributed by atoms with Gasteiger partial charge in [0.1, 0.15) is 5.75 Å². The maximum atomic E-state index is 10.8. The number of ether oxygens (including phenoxy) is 1. The Hall–Kier alpha value is -0.590. The van der Waals surface area contributed by atoms with Crippen LogP contribution in [0.2, 0.25) is 0 Å². The first-order valence-corrected chi connectivity index (χ1v) is 7.66. The molecule has 104 valence electrons. The van der Waals surface area contributed by atoms with Crippen molar-refractivity contribution in [3.8, 4) is 5.75 Å². The molecule has 1 aromatic carbocycles. The van der Waals surface area contributed by atoms with Gasteiger partial charge in [-0.15, -0.1) is 0 Å². The number of carbonyl (C=O) groups is 1. The first-order valence-electron chi connectivity index (χ1n) is 6.08. The molecule has 1 saturated carbocycles. The van der Waals surface area contributed by atoms with E-state index in [1.54, 1.807) is 0 Å². The maximum absolute atomic E-state index is 10.8. The molecule has 2 N–H and O–H groups in total. The second kappa shape index (κ2) is 6.24. The van der Waals surface area contributed by atoms with E-state index in [0.29, 0.717) is 11.8 Å². The highest BCUT2D eigenvalue weighted by molar-refractivity contribution is 9.11. The molecule has 1 atom stereocenters. The van der Waals surface area contributed by atoms with E-state index in [1.807, 2.05) is 12.1 Å². The number of hydrogen-bond donors (Lipinski definition) is 2. The fraction of sp³-hybridized carbons (Fsp3) is 0.462. The minimum Gasteiger partial charge on any atom is -0.479 e. The molecule has 0 aromatic heterocycles. The molecule has 1 aliphatic rings. The summed E-state index contributed by atoms with van der Waals surface area (Å²) in [5.74, 6) is -0.469. The molecule has 0 bridgehead atoms. The van der Waals surface area contributed by atoms with Crippen LogP contribution in [0.25, 0.3) is 0 Å². The van der Waals surface area contributed by atoms with Crippen molar-refractivity contribution in [2.75, 3.05) is 0 Å². The predicted octanol–water partition coefficient (Wildman–Crippen LogP) is 3.32. The van der Waals surface area contributed by atoms with Crippen molar-refractivity contribution in [1.82, 2.24) is 5.32 Å². The summed E-state index contributed by atoms with van der Waals surface area (Å²) in [7, 11) is 0. The Morgan fingerprint density at radius 1 is 1.47 bits per heavy atom. The molecular formula is C13H15Br2NO3. The van der Waals surface area contributed by atoms with E-state index in [0.717, 1.165) is 21.1 Å². The Labute approximate surface area is 128 Å². The summed E-state index contributed by atoms with van der Waals surface area (Å²) in [5, 5.41) is 12.3. The highest BCUT2D eigenvalue weighted by Gasteiger charge is 2.21. The minimum absolute atomic E-state index is 0.519. The number of carboxylic acid groups (broad SMARTS) is 1. The van der Waals surface area contributed by atoms with E-state index in [4.69, 9.17) is 9.84 Å². The molecule has 4 nitrogen and oxygen atoms in total. The van der Waals surface area contributed by atoms with Crippen molar-refractivity contribution < 1.29 is 14.6 Å². The molecule has 0 amide bonds. The Morgan fingerprint density at radius 2 is 2.05 bits per heavy atom. The summed E-state index contributed by atoms with van der Waals surface area (Å²) in [6, 6.07) is 4.55. The van der Waals surface area contributed by atoms with Gasteiger partial charge in [0.25, 0.3) is 0 Å². The van der Waals surface area contributed by atoms with Gasteiger partial charge < -0.3 is 15.2 Å². The van der Waals surface area contributed by atoms with Gasteiger partial charge in [-0.25, -0.2) is 4.79 Å². The van der Waals surface area contributed by atoms with Crippen LogP contribution >= 0.6 is 31.9 Å². The number of halogens is 2. The quantitative estimate of drug-likeness (QED) is 0.779. The van der Waals surface area contributed by atoms with Crippen molar-refractivity contribution in [3.63, 3.8) is 0 Å². The number of carboxylic acids is 1. The molecule has 0 radical (unpaired) electrons. The molecule has 1 aliphatic carbocycles. The molecular weight excluding hydrogens is 378 g/mol. The molecule has 1 aromatic rings. The van der Waals surface area contributed by atoms with Gasteiger partial charge in [-0.3, -0.25) is 0 Å². The van der Waals surface area contributed by atoms with Crippen LogP contribution in [-0.2, 0) is 11.3 Å². The number of aliphatic carboxylic acids is 1. The summed E-state index contributed by atoms with van der Waals surface area (Å²) in [4.78, 5) is 10.8. The first kappa shape index (κ1) is 14.8. The second-order valence-electron chi connectivity index (χ2n) is 4.64. The monoisotopic (exact) mass is 391 g/mol. The summed E-state index contributed by atoms with van der Waals surface area (Å²) < 4.78 is 6.92. The van der Waals surface area contributed by atoms with Crippen LogP contribution in [0.4, 0.5) is 0 Å². The van der Waals surface area contributed by atoms with E-state index in [1.165, 1.54) is 19.8 Å². The van der Waals surface area contributed by atoms with Crippen molar-refractivity contribution >= 4 is 37.8 Å². The summed E-state index contributed by atoms with van der Waals surface area (Å²) >= 11 is 6.85. The van der Waals surface area contributed by atoms with Crippen LogP contribution in [-0.4, -0.2) is 23.2 Å². The van der Waals surface area contributed by atoms with E-state index >= 15 is 0 Å². The fourth-order valence-corrected chi connectivity index (χ4v) is 3.07. The van der Waals surface area contributed by atoms with E-state index in [9.17, 15) is 4.79 Å².